The first-order chi connectivity index (χ1) is 46.2. The molecule has 0 fully saturated rings. The molecule has 0 bridgehead atoms. The normalized spacial score (nSPS) is 14.1. The predicted molar refractivity (Wildman–Crippen MR) is 391 cm³/mol. The Hall–Kier alpha value is -1.94. The Morgan fingerprint density at radius 1 is 0.281 bits per heavy atom. The number of esters is 4. The highest BCUT2D eigenvalue weighted by atomic mass is 31.2. The quantitative estimate of drug-likeness (QED) is 0.0222. The van der Waals surface area contributed by atoms with Crippen LogP contribution in [0.25, 0.3) is 0 Å². The molecule has 0 rings (SSSR count). The van der Waals surface area contributed by atoms with Gasteiger partial charge in [-0.3, -0.25) is 37.3 Å². The molecule has 0 saturated heterocycles. The van der Waals surface area contributed by atoms with Gasteiger partial charge in [0.1, 0.15) is 19.3 Å². The van der Waals surface area contributed by atoms with Gasteiger partial charge in [-0.05, 0) is 43.4 Å². The molecule has 0 aromatic rings. The maximum atomic E-state index is 13.1. The van der Waals surface area contributed by atoms with Crippen LogP contribution in [-0.2, 0) is 65.4 Å². The number of aliphatic hydroxyl groups is 1. The van der Waals surface area contributed by atoms with Crippen LogP contribution < -0.4 is 0 Å². The van der Waals surface area contributed by atoms with Crippen molar-refractivity contribution in [2.45, 2.75) is 414 Å². The van der Waals surface area contributed by atoms with E-state index in [0.717, 1.165) is 108 Å². The number of ether oxygens (including phenoxy) is 4. The van der Waals surface area contributed by atoms with Crippen molar-refractivity contribution in [2.75, 3.05) is 39.6 Å². The van der Waals surface area contributed by atoms with Gasteiger partial charge in [0.05, 0.1) is 26.4 Å². The number of carbonyl (C=O) groups is 4. The first-order valence-corrected chi connectivity index (χ1v) is 42.8. The van der Waals surface area contributed by atoms with Crippen molar-refractivity contribution in [3.63, 3.8) is 0 Å². The molecule has 96 heavy (non-hydrogen) atoms. The molecule has 0 saturated carbocycles. The minimum absolute atomic E-state index is 0.105. The van der Waals surface area contributed by atoms with Crippen LogP contribution in [0, 0.1) is 17.8 Å². The zero-order valence-electron chi connectivity index (χ0n) is 62.8. The lowest BCUT2D eigenvalue weighted by atomic mass is 10.0. The van der Waals surface area contributed by atoms with Crippen LogP contribution >= 0.6 is 15.6 Å². The first-order valence-electron chi connectivity index (χ1n) is 39.8. The van der Waals surface area contributed by atoms with E-state index in [1.165, 1.54) is 205 Å². The summed E-state index contributed by atoms with van der Waals surface area (Å²) in [6, 6.07) is 0. The molecule has 5 atom stereocenters. The first kappa shape index (κ1) is 94.1. The van der Waals surface area contributed by atoms with Gasteiger partial charge < -0.3 is 33.8 Å². The summed E-state index contributed by atoms with van der Waals surface area (Å²) in [6.45, 7) is 11.9. The van der Waals surface area contributed by atoms with Gasteiger partial charge >= 0.3 is 39.5 Å². The van der Waals surface area contributed by atoms with Crippen molar-refractivity contribution in [1.29, 1.82) is 0 Å². The molecule has 3 N–H and O–H groups in total. The lowest BCUT2D eigenvalue weighted by molar-refractivity contribution is -0.161. The summed E-state index contributed by atoms with van der Waals surface area (Å²) in [6.07, 6.45) is 54.1. The van der Waals surface area contributed by atoms with E-state index in [1.807, 2.05) is 0 Å². The van der Waals surface area contributed by atoms with Gasteiger partial charge in [0.15, 0.2) is 12.2 Å². The van der Waals surface area contributed by atoms with Crippen LogP contribution in [-0.4, -0.2) is 96.7 Å². The number of aliphatic hydroxyl groups excluding tert-OH is 1. The van der Waals surface area contributed by atoms with Crippen molar-refractivity contribution in [1.82, 2.24) is 0 Å². The summed E-state index contributed by atoms with van der Waals surface area (Å²) in [7, 11) is -9.91. The van der Waals surface area contributed by atoms with Crippen molar-refractivity contribution in [2.24, 2.45) is 17.8 Å². The van der Waals surface area contributed by atoms with Crippen LogP contribution in [0.4, 0.5) is 0 Å². The van der Waals surface area contributed by atoms with Gasteiger partial charge in [0.25, 0.3) is 0 Å². The summed E-state index contributed by atoms with van der Waals surface area (Å²) < 4.78 is 68.5. The number of unbranched alkanes of at least 4 members (excludes halogenated alkanes) is 43. The van der Waals surface area contributed by atoms with Crippen LogP contribution in [0.3, 0.4) is 0 Å². The van der Waals surface area contributed by atoms with E-state index < -0.39 is 97.5 Å². The van der Waals surface area contributed by atoms with Gasteiger partial charge in [0, 0.05) is 25.7 Å². The zero-order valence-corrected chi connectivity index (χ0v) is 64.6. The largest absolute Gasteiger partial charge is 0.472 e. The maximum Gasteiger partial charge on any atom is 0.472 e. The van der Waals surface area contributed by atoms with Crippen LogP contribution in [0.2, 0.25) is 0 Å². The van der Waals surface area contributed by atoms with Crippen LogP contribution in [0.5, 0.6) is 0 Å². The molecule has 19 heteroatoms. The molecule has 0 aliphatic carbocycles. The van der Waals surface area contributed by atoms with Crippen LogP contribution in [0.15, 0.2) is 0 Å². The topological polar surface area (TPSA) is 237 Å². The highest BCUT2D eigenvalue weighted by Crippen LogP contribution is 2.45. The van der Waals surface area contributed by atoms with E-state index >= 15 is 0 Å². The maximum absolute atomic E-state index is 13.1. The summed E-state index contributed by atoms with van der Waals surface area (Å²) >= 11 is 0. The number of phosphoric acid groups is 2. The van der Waals surface area contributed by atoms with Gasteiger partial charge in [0.2, 0.25) is 0 Å². The Balaban J connectivity index is 5.23. The second kappa shape index (κ2) is 67.5. The van der Waals surface area contributed by atoms with Gasteiger partial charge in [-0.15, -0.1) is 0 Å². The zero-order chi connectivity index (χ0) is 70.9. The molecule has 0 aromatic heterocycles. The Labute approximate surface area is 588 Å². The van der Waals surface area contributed by atoms with E-state index in [4.69, 9.17) is 37.0 Å². The van der Waals surface area contributed by atoms with Crippen molar-refractivity contribution >= 4 is 39.5 Å². The third-order valence-corrected chi connectivity index (χ3v) is 19.8. The molecule has 17 nitrogen and oxygen atoms in total. The third-order valence-electron chi connectivity index (χ3n) is 17.9. The lowest BCUT2D eigenvalue weighted by Crippen LogP contribution is -2.30. The second-order valence-electron chi connectivity index (χ2n) is 29.2. The Morgan fingerprint density at radius 3 is 0.708 bits per heavy atom. The van der Waals surface area contributed by atoms with Crippen molar-refractivity contribution in [3.05, 3.63) is 0 Å². The highest BCUT2D eigenvalue weighted by Gasteiger charge is 2.30. The minimum atomic E-state index is -4.96. The average molecular weight is 1410 g/mol. The molecule has 0 heterocycles. The Morgan fingerprint density at radius 2 is 0.479 bits per heavy atom. The standard InChI is InChI=1S/C77H150O17P2/c1-8-9-10-11-12-27-37-44-51-58-74(79)87-64-72(94-77(82)61-54-47-40-33-26-30-36-43-50-57-70(6)7)66-91-95(83,84)89-62-71(78)63-90-96(85,86)92-67-73(65-88-75(80)59-52-45-38-31-24-20-17-16-19-23-29-35-42-49-56-69(4)5)93-76(81)60-53-46-39-32-25-21-15-13-14-18-22-28-34-41-48-55-68(2)3/h68-73,78H,8-67H2,1-7H3,(H,83,84)(H,85,86)/t71-,72+,73+/m0/s1. The van der Waals surface area contributed by atoms with E-state index in [-0.39, 0.29) is 25.7 Å². The molecule has 2 unspecified atom stereocenters. The predicted octanol–water partition coefficient (Wildman–Crippen LogP) is 22.6. The molecule has 570 valence electrons. The summed E-state index contributed by atoms with van der Waals surface area (Å²) in [5, 5.41) is 10.6. The fraction of sp³-hybridized carbons (Fsp3) is 0.948. The fourth-order valence-corrected chi connectivity index (χ4v) is 13.4. The van der Waals surface area contributed by atoms with Gasteiger partial charge in [-0.2, -0.15) is 0 Å². The second-order valence-corrected chi connectivity index (χ2v) is 32.1. The van der Waals surface area contributed by atoms with Gasteiger partial charge in [-0.25, -0.2) is 9.13 Å². The van der Waals surface area contributed by atoms with E-state index in [1.54, 1.807) is 0 Å². The Kier molecular flexibility index (Phi) is 66.2. The Bertz CT molecular complexity index is 1870. The third kappa shape index (κ3) is 70.5. The highest BCUT2D eigenvalue weighted by molar-refractivity contribution is 7.47. The molecule has 0 aromatic carbocycles. The van der Waals surface area contributed by atoms with Crippen molar-refractivity contribution < 1.29 is 80.2 Å². The smallest absolute Gasteiger partial charge is 0.462 e. The lowest BCUT2D eigenvalue weighted by Gasteiger charge is -2.21. The molecular weight excluding hydrogens is 1260 g/mol. The van der Waals surface area contributed by atoms with Gasteiger partial charge in [-0.1, -0.05) is 344 Å². The summed E-state index contributed by atoms with van der Waals surface area (Å²) in [5.41, 5.74) is 0. The minimum Gasteiger partial charge on any atom is -0.462 e. The summed E-state index contributed by atoms with van der Waals surface area (Å²) in [4.78, 5) is 72.8. The number of hydrogen-bond acceptors (Lipinski definition) is 15. The molecular formula is C77H150O17P2. The molecule has 0 radical (unpaired) electrons. The van der Waals surface area contributed by atoms with E-state index in [0.29, 0.717) is 25.7 Å². The number of phosphoric ester groups is 2. The van der Waals surface area contributed by atoms with Crippen LogP contribution in [0.1, 0.15) is 395 Å². The number of hydrogen-bond donors (Lipinski definition) is 3. The fourth-order valence-electron chi connectivity index (χ4n) is 11.8. The molecule has 0 aliphatic heterocycles. The average Bonchev–Trinajstić information content (AvgIpc) is 2.67. The molecule has 0 aliphatic rings. The SMILES string of the molecule is CCCCCCCCCCCC(=O)OC[C@H](COP(=O)(O)OC[C@H](O)COP(=O)(O)OC[C@@H](COC(=O)CCCCCCCCCCCCCCCCC(C)C)OC(=O)CCCCCCCCCCCCCCCCCC(C)C)OC(=O)CCCCCCCCCCCC(C)C. The molecule has 0 spiro atoms. The van der Waals surface area contributed by atoms with Crippen molar-refractivity contribution in [3.8, 4) is 0 Å². The molecule has 0 amide bonds. The summed E-state index contributed by atoms with van der Waals surface area (Å²) in [5.74, 6) is 0.221. The number of carbonyl (C=O) groups excluding carboxylic acids is 4. The number of rotatable bonds is 75. The van der Waals surface area contributed by atoms with E-state index in [2.05, 4.69) is 48.5 Å². The van der Waals surface area contributed by atoms with E-state index in [9.17, 15) is 43.2 Å². The monoisotopic (exact) mass is 1410 g/mol.